The molecule has 27 heavy (non-hydrogen) atoms. The van der Waals surface area contributed by atoms with E-state index in [9.17, 15) is 35.2 Å². The first-order valence-corrected chi connectivity index (χ1v) is 9.96. The second-order valence-electron chi connectivity index (χ2n) is 6.53. The van der Waals surface area contributed by atoms with Gasteiger partial charge in [-0.15, -0.1) is 0 Å². The predicted molar refractivity (Wildman–Crippen MR) is 83.1 cm³/mol. The van der Waals surface area contributed by atoms with Gasteiger partial charge in [-0.3, -0.25) is 4.57 Å². The van der Waals surface area contributed by atoms with Crippen molar-refractivity contribution in [3.05, 3.63) is 0 Å². The van der Waals surface area contributed by atoms with Gasteiger partial charge in [0.2, 0.25) is 0 Å². The summed E-state index contributed by atoms with van der Waals surface area (Å²) in [5, 5.41) is 68.4. The van der Waals surface area contributed by atoms with Gasteiger partial charge >= 0.3 is 7.60 Å². The highest BCUT2D eigenvalue weighted by Crippen LogP contribution is 2.37. The maximum absolute atomic E-state index is 11.0. The molecule has 0 aromatic carbocycles. The van der Waals surface area contributed by atoms with Gasteiger partial charge in [-0.2, -0.15) is 0 Å². The van der Waals surface area contributed by atoms with Gasteiger partial charge in [0.15, 0.2) is 12.6 Å². The third-order valence-electron chi connectivity index (χ3n) is 4.49. The smallest absolute Gasteiger partial charge is 0.325 e. The summed E-state index contributed by atoms with van der Waals surface area (Å²) in [6, 6.07) is 0. The fourth-order valence-corrected chi connectivity index (χ4v) is 3.47. The van der Waals surface area contributed by atoms with E-state index in [1.807, 2.05) is 0 Å². The van der Waals surface area contributed by atoms with Gasteiger partial charge in [0.25, 0.3) is 0 Å². The van der Waals surface area contributed by atoms with Crippen LogP contribution < -0.4 is 0 Å². The second-order valence-corrected chi connectivity index (χ2v) is 8.30. The predicted octanol–water partition coefficient (Wildman–Crippen LogP) is -4.82. The Morgan fingerprint density at radius 2 is 1.19 bits per heavy atom. The monoisotopic (exact) mass is 420 g/mol. The van der Waals surface area contributed by atoms with Gasteiger partial charge in [-0.1, -0.05) is 0 Å². The molecule has 0 spiro atoms. The average Bonchev–Trinajstić information content (AvgIpc) is 2.60. The lowest BCUT2D eigenvalue weighted by Crippen LogP contribution is -2.63. The third-order valence-corrected chi connectivity index (χ3v) is 5.33. The molecule has 0 bridgehead atoms. The highest BCUT2D eigenvalue weighted by Gasteiger charge is 2.49. The van der Waals surface area contributed by atoms with E-state index in [2.05, 4.69) is 0 Å². The van der Waals surface area contributed by atoms with Crippen LogP contribution in [0.1, 0.15) is 6.42 Å². The summed E-state index contributed by atoms with van der Waals surface area (Å²) in [7, 11) is -4.42. The molecule has 14 heteroatoms. The van der Waals surface area contributed by atoms with E-state index in [4.69, 9.17) is 29.1 Å². The zero-order valence-corrected chi connectivity index (χ0v) is 14.9. The van der Waals surface area contributed by atoms with Crippen molar-refractivity contribution < 1.29 is 64.3 Å². The molecule has 0 saturated carbocycles. The lowest BCUT2D eigenvalue weighted by atomic mass is 9.97. The molecule has 0 unspecified atom stereocenters. The van der Waals surface area contributed by atoms with Gasteiger partial charge in [-0.05, 0) is 6.42 Å². The van der Waals surface area contributed by atoms with Crippen LogP contribution in [0.4, 0.5) is 0 Å². The van der Waals surface area contributed by atoms with Crippen molar-refractivity contribution in [2.45, 2.75) is 67.8 Å². The van der Waals surface area contributed by atoms with Crippen molar-refractivity contribution in [3.8, 4) is 0 Å². The molecule has 13 nitrogen and oxygen atoms in total. The van der Waals surface area contributed by atoms with E-state index < -0.39 is 81.8 Å². The Hall–Kier alpha value is -0.250. The van der Waals surface area contributed by atoms with Crippen LogP contribution in [-0.2, 0) is 18.8 Å². The molecule has 2 saturated heterocycles. The summed E-state index contributed by atoms with van der Waals surface area (Å²) < 4.78 is 26.5. The first-order chi connectivity index (χ1) is 12.5. The maximum Gasteiger partial charge on any atom is 0.325 e. The largest absolute Gasteiger partial charge is 0.394 e. The Morgan fingerprint density at radius 3 is 1.63 bits per heavy atom. The Bertz CT molecular complexity index is 526. The average molecular weight is 420 g/mol. The first kappa shape index (κ1) is 23.0. The van der Waals surface area contributed by atoms with Gasteiger partial charge in [0, 0.05) is 0 Å². The van der Waals surface area contributed by atoms with E-state index in [0.717, 1.165) is 0 Å². The van der Waals surface area contributed by atoms with Crippen LogP contribution in [0.3, 0.4) is 0 Å². The van der Waals surface area contributed by atoms with E-state index in [0.29, 0.717) is 0 Å². The van der Waals surface area contributed by atoms with E-state index in [1.54, 1.807) is 0 Å². The number of aliphatic hydroxyl groups excluding tert-OH is 7. The number of hydrogen-bond donors (Lipinski definition) is 9. The molecular weight excluding hydrogens is 395 g/mol. The molecule has 0 radical (unpaired) electrons. The zero-order chi connectivity index (χ0) is 20.5. The summed E-state index contributed by atoms with van der Waals surface area (Å²) in [6.07, 6.45) is -17.5. The fraction of sp³-hybridized carbons (Fsp3) is 1.00. The van der Waals surface area contributed by atoms with Crippen LogP contribution in [0.5, 0.6) is 0 Å². The van der Waals surface area contributed by atoms with Crippen LogP contribution >= 0.6 is 7.60 Å². The third kappa shape index (κ3) is 5.42. The minimum absolute atomic E-state index is 0.371. The minimum atomic E-state index is -4.42. The van der Waals surface area contributed by atoms with Crippen molar-refractivity contribution in [3.63, 3.8) is 0 Å². The molecule has 0 aliphatic carbocycles. The summed E-state index contributed by atoms with van der Waals surface area (Å²) in [4.78, 5) is 17.9. The molecule has 2 aliphatic rings. The molecule has 160 valence electrons. The van der Waals surface area contributed by atoms with Crippen molar-refractivity contribution in [1.29, 1.82) is 0 Å². The van der Waals surface area contributed by atoms with Gasteiger partial charge in [0.1, 0.15) is 42.7 Å². The molecule has 10 atom stereocenters. The first-order valence-electron chi connectivity index (χ1n) is 8.16. The lowest BCUT2D eigenvalue weighted by molar-refractivity contribution is -0.375. The topological polar surface area (TPSA) is 227 Å². The number of rotatable bonds is 6. The molecule has 2 rings (SSSR count). The molecule has 0 aromatic rings. The van der Waals surface area contributed by atoms with Crippen LogP contribution in [0.15, 0.2) is 0 Å². The van der Waals surface area contributed by atoms with Crippen molar-refractivity contribution in [2.24, 2.45) is 0 Å². The highest BCUT2D eigenvalue weighted by atomic mass is 31.2. The van der Waals surface area contributed by atoms with Gasteiger partial charge < -0.3 is 59.7 Å². The van der Waals surface area contributed by atoms with Crippen LogP contribution in [0.2, 0.25) is 0 Å². The molecule has 0 aromatic heterocycles. The van der Waals surface area contributed by atoms with Crippen molar-refractivity contribution in [2.75, 3.05) is 12.8 Å². The van der Waals surface area contributed by atoms with Crippen molar-refractivity contribution in [1.82, 2.24) is 0 Å². The standard InChI is InChI=1S/C13H25O13P/c14-3-5-7(16)9(18)11(20)13(25-5)26-12-10(19)8(17)6(15)4(24-12)1-2-27(21,22)23/h4-20H,1-3H2,(H2,21,22,23)/t4-,5-,6-,7-,8+,9+,10-,11-,12-,13-/m1/s1. The molecular formula is C13H25O13P. The van der Waals surface area contributed by atoms with E-state index in [1.165, 1.54) is 0 Å². The van der Waals surface area contributed by atoms with Crippen LogP contribution in [0.25, 0.3) is 0 Å². The zero-order valence-electron chi connectivity index (χ0n) is 14.0. The summed E-state index contributed by atoms with van der Waals surface area (Å²) in [5.41, 5.74) is 0. The molecule has 9 N–H and O–H groups in total. The van der Waals surface area contributed by atoms with Crippen LogP contribution in [0, 0.1) is 0 Å². The summed E-state index contributed by atoms with van der Waals surface area (Å²) in [6.45, 7) is -0.717. The minimum Gasteiger partial charge on any atom is -0.394 e. The highest BCUT2D eigenvalue weighted by molar-refractivity contribution is 7.51. The SMILES string of the molecule is O=P(O)(O)CC[C@H]1O[C@H](O[C@H]2O[C@H](CO)[C@@H](O)[C@H](O)[C@H]2O)[C@H](O)[C@@H](O)[C@@H]1O. The number of ether oxygens (including phenoxy) is 3. The molecule has 2 aliphatic heterocycles. The Morgan fingerprint density at radius 1 is 0.741 bits per heavy atom. The van der Waals surface area contributed by atoms with Gasteiger partial charge in [-0.25, -0.2) is 0 Å². The molecule has 2 heterocycles. The van der Waals surface area contributed by atoms with Crippen LogP contribution in [-0.4, -0.2) is 120 Å². The molecule has 2 fully saturated rings. The maximum atomic E-state index is 11.0. The Labute approximate surface area is 153 Å². The van der Waals surface area contributed by atoms with E-state index >= 15 is 0 Å². The lowest BCUT2D eigenvalue weighted by Gasteiger charge is -2.44. The van der Waals surface area contributed by atoms with Crippen molar-refractivity contribution >= 4 is 7.60 Å². The summed E-state index contributed by atoms with van der Waals surface area (Å²) in [5.74, 6) is 0. The Balaban J connectivity index is 2.08. The number of aliphatic hydroxyl groups is 7. The normalized spacial score (nSPS) is 46.4. The summed E-state index contributed by atoms with van der Waals surface area (Å²) >= 11 is 0. The second kappa shape index (κ2) is 9.05. The molecule has 0 amide bonds. The Kier molecular flexibility index (Phi) is 7.72. The fourth-order valence-electron chi connectivity index (χ4n) is 2.88. The van der Waals surface area contributed by atoms with Gasteiger partial charge in [0.05, 0.1) is 18.9 Å². The number of hydrogen-bond acceptors (Lipinski definition) is 11. The quantitative estimate of drug-likeness (QED) is 0.184. The van der Waals surface area contributed by atoms with E-state index in [-0.39, 0.29) is 6.42 Å².